The van der Waals surface area contributed by atoms with Crippen molar-refractivity contribution in [2.75, 3.05) is 26.9 Å². The molecule has 1 saturated carbocycles. The highest BCUT2D eigenvalue weighted by Gasteiger charge is 2.37. The summed E-state index contributed by atoms with van der Waals surface area (Å²) in [5.41, 5.74) is 8.01. The van der Waals surface area contributed by atoms with Gasteiger partial charge in [-0.2, -0.15) is 0 Å². The minimum absolute atomic E-state index is 0.00377. The highest BCUT2D eigenvalue weighted by Crippen LogP contribution is 2.38. The third kappa shape index (κ3) is 6.62. The van der Waals surface area contributed by atoms with Crippen LogP contribution in [0.1, 0.15) is 78.1 Å². The van der Waals surface area contributed by atoms with Crippen LogP contribution < -0.4 is 21.7 Å². The van der Waals surface area contributed by atoms with E-state index in [2.05, 4.69) is 34.7 Å². The number of rotatable bonds is 8. The fourth-order valence-electron chi connectivity index (χ4n) is 6.72. The lowest BCUT2D eigenvalue weighted by molar-refractivity contribution is 0.0833. The molecule has 2 heterocycles. The third-order valence-electron chi connectivity index (χ3n) is 8.71. The van der Waals surface area contributed by atoms with Crippen LogP contribution in [0, 0.1) is 23.7 Å². The van der Waals surface area contributed by atoms with Crippen LogP contribution in [-0.4, -0.2) is 56.3 Å². The van der Waals surface area contributed by atoms with Crippen molar-refractivity contribution in [2.24, 2.45) is 29.4 Å². The Bertz CT molecular complexity index is 653. The average molecular weight is 466 g/mol. The summed E-state index contributed by atoms with van der Waals surface area (Å²) in [6.07, 6.45) is 9.86. The molecular weight excluding hydrogens is 417 g/mol. The number of nitrogens with zero attached hydrogens (tertiary/aromatic N) is 1. The number of nitrogens with two attached hydrogens (primary N) is 1. The van der Waals surface area contributed by atoms with Gasteiger partial charge in [0.05, 0.1) is 31.8 Å². The Morgan fingerprint density at radius 2 is 1.97 bits per heavy atom. The second-order valence-corrected chi connectivity index (χ2v) is 11.4. The van der Waals surface area contributed by atoms with Crippen LogP contribution in [0.3, 0.4) is 0 Å². The summed E-state index contributed by atoms with van der Waals surface area (Å²) in [5.74, 6) is 3.67. The summed E-state index contributed by atoms with van der Waals surface area (Å²) >= 11 is 0. The smallest absolute Gasteiger partial charge is 0.115 e. The van der Waals surface area contributed by atoms with Gasteiger partial charge in [0.2, 0.25) is 0 Å². The van der Waals surface area contributed by atoms with E-state index in [0.29, 0.717) is 29.7 Å². The van der Waals surface area contributed by atoms with E-state index >= 15 is 0 Å². The molecule has 0 aromatic heterocycles. The maximum Gasteiger partial charge on any atom is 0.115 e. The van der Waals surface area contributed by atoms with Crippen molar-refractivity contribution >= 4 is 0 Å². The molecule has 2 aliphatic heterocycles. The predicted molar refractivity (Wildman–Crippen MR) is 132 cm³/mol. The van der Waals surface area contributed by atoms with Gasteiger partial charge in [-0.1, -0.05) is 6.92 Å². The molecule has 33 heavy (non-hydrogen) atoms. The molecule has 0 amide bonds. The number of nitrogens with one attached hydrogen (secondary N) is 3. The number of alkyl halides is 1. The first kappa shape index (κ1) is 25.2. The second kappa shape index (κ2) is 11.7. The lowest BCUT2D eigenvalue weighted by Gasteiger charge is -2.43. The molecule has 2 saturated heterocycles. The number of allylic oxidation sites excluding steroid dienone is 2. The molecule has 0 aromatic carbocycles. The number of halogens is 1. The molecule has 0 bridgehead atoms. The van der Waals surface area contributed by atoms with Gasteiger partial charge in [-0.05, 0) is 94.9 Å². The van der Waals surface area contributed by atoms with Crippen LogP contribution >= 0.6 is 0 Å². The Kier molecular flexibility index (Phi) is 8.93. The largest absolute Gasteiger partial charge is 0.499 e. The number of ether oxygens (including phenoxy) is 1. The van der Waals surface area contributed by atoms with Crippen molar-refractivity contribution in [3.05, 3.63) is 11.5 Å². The van der Waals surface area contributed by atoms with Crippen LogP contribution in [-0.2, 0) is 4.74 Å². The van der Waals surface area contributed by atoms with Crippen molar-refractivity contribution in [2.45, 2.75) is 103 Å². The molecule has 6 atom stereocenters. The van der Waals surface area contributed by atoms with Crippen molar-refractivity contribution in [1.29, 1.82) is 0 Å². The van der Waals surface area contributed by atoms with Crippen LogP contribution in [0.4, 0.5) is 4.39 Å². The highest BCUT2D eigenvalue weighted by atomic mass is 19.1. The molecule has 190 valence electrons. The summed E-state index contributed by atoms with van der Waals surface area (Å²) in [5, 5.41) is 11.0. The summed E-state index contributed by atoms with van der Waals surface area (Å²) in [6, 6.07) is 0.546. The lowest BCUT2D eigenvalue weighted by atomic mass is 9.73. The third-order valence-corrected chi connectivity index (χ3v) is 8.71. The van der Waals surface area contributed by atoms with Crippen molar-refractivity contribution in [3.63, 3.8) is 0 Å². The fourth-order valence-corrected chi connectivity index (χ4v) is 6.72. The van der Waals surface area contributed by atoms with Gasteiger partial charge < -0.3 is 20.7 Å². The van der Waals surface area contributed by atoms with Crippen LogP contribution in [0.15, 0.2) is 11.5 Å². The molecular formula is C26H48FN5O. The Morgan fingerprint density at radius 1 is 1.18 bits per heavy atom. The Morgan fingerprint density at radius 3 is 2.67 bits per heavy atom. The number of hydrogen-bond acceptors (Lipinski definition) is 6. The summed E-state index contributed by atoms with van der Waals surface area (Å²) in [4.78, 5) is 2.46. The van der Waals surface area contributed by atoms with Gasteiger partial charge in [0.15, 0.2) is 0 Å². The van der Waals surface area contributed by atoms with E-state index in [1.165, 1.54) is 24.3 Å². The second-order valence-electron chi connectivity index (χ2n) is 11.4. The predicted octanol–water partition coefficient (Wildman–Crippen LogP) is 3.65. The summed E-state index contributed by atoms with van der Waals surface area (Å²) in [6.45, 7) is 7.61. The average Bonchev–Trinajstić information content (AvgIpc) is 3.25. The topological polar surface area (TPSA) is 74.6 Å². The minimum atomic E-state index is -0.587. The quantitative estimate of drug-likeness (QED) is 0.410. The molecule has 0 radical (unpaired) electrons. The fraction of sp³-hybridized carbons (Fsp3) is 0.923. The SMILES string of the molecule is COC1=C(N2CNC(C)C2)CCC(CCC(N)NC2NC[C@H](C)C[C@@H]2C2CCC(F)CC2)C1. The Hall–Kier alpha value is -0.890. The molecule has 7 heteroatoms. The van der Waals surface area contributed by atoms with Gasteiger partial charge in [0.1, 0.15) is 11.9 Å². The van der Waals surface area contributed by atoms with Gasteiger partial charge in [-0.3, -0.25) is 10.6 Å². The lowest BCUT2D eigenvalue weighted by Crippen LogP contribution is -2.59. The molecule has 4 rings (SSSR count). The van der Waals surface area contributed by atoms with Crippen molar-refractivity contribution in [1.82, 2.24) is 20.9 Å². The van der Waals surface area contributed by atoms with Gasteiger partial charge >= 0.3 is 0 Å². The van der Waals surface area contributed by atoms with E-state index in [4.69, 9.17) is 10.5 Å². The first-order valence-electron chi connectivity index (χ1n) is 13.6. The molecule has 6 nitrogen and oxygen atoms in total. The zero-order valence-corrected chi connectivity index (χ0v) is 21.1. The highest BCUT2D eigenvalue weighted by molar-refractivity contribution is 5.13. The molecule has 0 spiro atoms. The van der Waals surface area contributed by atoms with E-state index in [9.17, 15) is 4.39 Å². The van der Waals surface area contributed by atoms with E-state index in [1.807, 2.05) is 7.11 Å². The van der Waals surface area contributed by atoms with E-state index in [-0.39, 0.29) is 12.3 Å². The Labute approximate surface area is 200 Å². The number of hydrogen-bond donors (Lipinski definition) is 4. The van der Waals surface area contributed by atoms with Crippen LogP contribution in [0.2, 0.25) is 0 Å². The van der Waals surface area contributed by atoms with Crippen molar-refractivity contribution < 1.29 is 9.13 Å². The van der Waals surface area contributed by atoms with E-state index in [0.717, 1.165) is 71.1 Å². The molecule has 4 aliphatic rings. The Balaban J connectivity index is 1.26. The van der Waals surface area contributed by atoms with Gasteiger partial charge in [-0.15, -0.1) is 0 Å². The van der Waals surface area contributed by atoms with Crippen LogP contribution in [0.5, 0.6) is 0 Å². The molecule has 3 fully saturated rings. The maximum absolute atomic E-state index is 13.7. The van der Waals surface area contributed by atoms with Gasteiger partial charge in [0.25, 0.3) is 0 Å². The molecule has 0 aromatic rings. The van der Waals surface area contributed by atoms with Crippen molar-refractivity contribution in [3.8, 4) is 0 Å². The van der Waals surface area contributed by atoms with Gasteiger partial charge in [0, 0.05) is 19.0 Å². The standard InChI is InChI=1S/C26H48FN5O/c1-17-12-22(20-6-8-21(27)9-7-20)26(29-14-17)31-25(28)11-5-19-4-10-23(24(13-19)33-3)32-15-18(2)30-16-32/h17-22,25-26,29-31H,4-16,28H2,1-3H3/t17-,18?,19?,20?,21?,22-,25?,26?/m1/s1. The number of piperidine rings is 1. The molecule has 5 N–H and O–H groups in total. The summed E-state index contributed by atoms with van der Waals surface area (Å²) in [7, 11) is 1.82. The normalized spacial score (nSPS) is 39.1. The minimum Gasteiger partial charge on any atom is -0.499 e. The first-order chi connectivity index (χ1) is 15.9. The van der Waals surface area contributed by atoms with E-state index < -0.39 is 6.17 Å². The van der Waals surface area contributed by atoms with Crippen LogP contribution in [0.25, 0.3) is 0 Å². The zero-order chi connectivity index (χ0) is 23.4. The molecule has 2 aliphatic carbocycles. The monoisotopic (exact) mass is 465 g/mol. The van der Waals surface area contributed by atoms with Gasteiger partial charge in [-0.25, -0.2) is 4.39 Å². The van der Waals surface area contributed by atoms with E-state index in [1.54, 1.807) is 0 Å². The first-order valence-corrected chi connectivity index (χ1v) is 13.6. The zero-order valence-electron chi connectivity index (χ0n) is 21.1. The maximum atomic E-state index is 13.7. The summed E-state index contributed by atoms with van der Waals surface area (Å²) < 4.78 is 19.5. The molecule has 4 unspecified atom stereocenters. The number of methoxy groups -OCH3 is 1.